The molecule has 0 aliphatic carbocycles. The van der Waals surface area contributed by atoms with Crippen LogP contribution in [0.15, 0.2) is 0 Å². The minimum absolute atomic E-state index is 0. The van der Waals surface area contributed by atoms with Crippen LogP contribution < -0.4 is 12.4 Å². The van der Waals surface area contributed by atoms with Gasteiger partial charge in [0.05, 0.1) is 0 Å². The molecule has 0 aromatic carbocycles. The predicted molar refractivity (Wildman–Crippen MR) is 25.9 cm³/mol. The van der Waals surface area contributed by atoms with E-state index in [4.69, 9.17) is 0 Å². The Hall–Kier alpha value is 1.21. The van der Waals surface area contributed by atoms with Gasteiger partial charge in [-0.05, 0) is 0 Å². The number of hydrogen-bond acceptors (Lipinski definition) is 0. The average Bonchev–Trinajstić information content (AvgIpc) is 0. The molecule has 0 aromatic rings. The van der Waals surface area contributed by atoms with Crippen molar-refractivity contribution >= 4 is 27.3 Å². The summed E-state index contributed by atoms with van der Waals surface area (Å²) >= 11 is 0. The zero-order chi connectivity index (χ0) is 0. The van der Waals surface area contributed by atoms with Gasteiger partial charge in [-0.25, -0.2) is 0 Å². The van der Waals surface area contributed by atoms with E-state index in [1.54, 1.807) is 0 Å². The Morgan fingerprint density at radius 1 is 0.600 bits per heavy atom. The normalized spacial score (nSPS) is 0. The maximum absolute atomic E-state index is 0. The monoisotopic (exact) mass is 291 g/mol. The van der Waals surface area contributed by atoms with Crippen LogP contribution in [-0.4, -0.2) is 27.3 Å². The quantitative estimate of drug-likeness (QED) is 0.478. The van der Waals surface area contributed by atoms with E-state index >= 15 is 0 Å². The second-order valence-electron chi connectivity index (χ2n) is 0. The van der Waals surface area contributed by atoms with Gasteiger partial charge in [-0.2, -0.15) is 0 Å². The maximum atomic E-state index is 0. The minimum Gasteiger partial charge on any atom is -1.00 e. The first-order chi connectivity index (χ1) is 0. The summed E-state index contributed by atoms with van der Waals surface area (Å²) in [5, 5.41) is 0. The third-order valence-corrected chi connectivity index (χ3v) is 0. The molecule has 4 radical (unpaired) electrons. The SMILES string of the molecule is C.C.C.[Cl-].[Pb]. The molecule has 5 heavy (non-hydrogen) atoms. The Morgan fingerprint density at radius 2 is 0.600 bits per heavy atom. The number of hydrogen-bond donors (Lipinski definition) is 0. The molecule has 0 rings (SSSR count). The van der Waals surface area contributed by atoms with E-state index in [0.29, 0.717) is 0 Å². The molecule has 0 bridgehead atoms. The molecule has 0 aliphatic rings. The summed E-state index contributed by atoms with van der Waals surface area (Å²) in [5.41, 5.74) is 0. The third kappa shape index (κ3) is 36.6. The first-order valence-electron chi connectivity index (χ1n) is 0. The van der Waals surface area contributed by atoms with Crippen molar-refractivity contribution in [2.45, 2.75) is 22.3 Å². The predicted octanol–water partition coefficient (Wildman–Crippen LogP) is -1.47. The van der Waals surface area contributed by atoms with Crippen LogP contribution in [-0.2, 0) is 0 Å². The Balaban J connectivity index is 0. The molecule has 0 heterocycles. The van der Waals surface area contributed by atoms with Crippen LogP contribution in [0.3, 0.4) is 0 Å². The first-order valence-corrected chi connectivity index (χ1v) is 0. The smallest absolute Gasteiger partial charge is 0 e. The zero-order valence-electron chi connectivity index (χ0n) is 0.878. The van der Waals surface area contributed by atoms with Crippen molar-refractivity contribution in [1.29, 1.82) is 0 Å². The fourth-order valence-electron chi connectivity index (χ4n) is 0. The topological polar surface area (TPSA) is 0 Å². The van der Waals surface area contributed by atoms with Gasteiger partial charge in [0.1, 0.15) is 0 Å². The van der Waals surface area contributed by atoms with Gasteiger partial charge in [-0.3, -0.25) is 0 Å². The van der Waals surface area contributed by atoms with Crippen LogP contribution in [0.5, 0.6) is 0 Å². The van der Waals surface area contributed by atoms with Crippen LogP contribution in [0.4, 0.5) is 0 Å². The molecule has 0 N–H and O–H groups in total. The van der Waals surface area contributed by atoms with Gasteiger partial charge in [0.15, 0.2) is 0 Å². The van der Waals surface area contributed by atoms with E-state index in [2.05, 4.69) is 0 Å². The molecule has 0 fully saturated rings. The van der Waals surface area contributed by atoms with Crippen molar-refractivity contribution in [2.75, 3.05) is 0 Å². The maximum Gasteiger partial charge on any atom is 0 e. The van der Waals surface area contributed by atoms with Crippen molar-refractivity contribution in [3.05, 3.63) is 0 Å². The fourth-order valence-corrected chi connectivity index (χ4v) is 0. The summed E-state index contributed by atoms with van der Waals surface area (Å²) in [6.45, 7) is 0. The zero-order valence-corrected chi connectivity index (χ0v) is 5.52. The van der Waals surface area contributed by atoms with Gasteiger partial charge in [0.2, 0.25) is 0 Å². The molecule has 2 heteroatoms. The number of rotatable bonds is 0. The second-order valence-corrected chi connectivity index (χ2v) is 0. The minimum atomic E-state index is 0. The van der Waals surface area contributed by atoms with Crippen LogP contribution in [0.25, 0.3) is 0 Å². The molecule has 0 unspecified atom stereocenters. The largest absolute Gasteiger partial charge is 1.00 e. The van der Waals surface area contributed by atoms with E-state index in [1.807, 2.05) is 0 Å². The second kappa shape index (κ2) is 62.9. The Labute approximate surface area is 61.9 Å². The summed E-state index contributed by atoms with van der Waals surface area (Å²) in [6.07, 6.45) is 0. The van der Waals surface area contributed by atoms with Crippen LogP contribution in [0.2, 0.25) is 0 Å². The Morgan fingerprint density at radius 3 is 0.600 bits per heavy atom. The van der Waals surface area contributed by atoms with Crippen molar-refractivity contribution in [2.24, 2.45) is 0 Å². The van der Waals surface area contributed by atoms with E-state index in [1.165, 1.54) is 0 Å². The van der Waals surface area contributed by atoms with Crippen LogP contribution in [0, 0.1) is 0 Å². The van der Waals surface area contributed by atoms with Gasteiger partial charge >= 0.3 is 0 Å². The van der Waals surface area contributed by atoms with Crippen molar-refractivity contribution in [3.63, 3.8) is 0 Å². The molecule has 0 saturated carbocycles. The van der Waals surface area contributed by atoms with Gasteiger partial charge in [0, 0.05) is 27.3 Å². The van der Waals surface area contributed by atoms with Gasteiger partial charge in [0.25, 0.3) is 0 Å². The molecule has 0 saturated heterocycles. The van der Waals surface area contributed by atoms with Gasteiger partial charge < -0.3 is 12.4 Å². The molecule has 0 aliphatic heterocycles. The molecule has 0 atom stereocenters. The van der Waals surface area contributed by atoms with E-state index in [-0.39, 0.29) is 62.0 Å². The molecule has 0 nitrogen and oxygen atoms in total. The third-order valence-electron chi connectivity index (χ3n) is 0. The summed E-state index contributed by atoms with van der Waals surface area (Å²) in [5.74, 6) is 0. The summed E-state index contributed by atoms with van der Waals surface area (Å²) in [7, 11) is 0. The standard InChI is InChI=1S/3CH4.ClH.Pb/h3*1H4;1H;/p-1. The van der Waals surface area contributed by atoms with Crippen molar-refractivity contribution < 1.29 is 12.4 Å². The number of halogens is 1. The summed E-state index contributed by atoms with van der Waals surface area (Å²) in [4.78, 5) is 0. The van der Waals surface area contributed by atoms with Crippen molar-refractivity contribution in [3.8, 4) is 0 Å². The van der Waals surface area contributed by atoms with Crippen LogP contribution in [0.1, 0.15) is 22.3 Å². The first kappa shape index (κ1) is 115. The van der Waals surface area contributed by atoms with Crippen molar-refractivity contribution in [1.82, 2.24) is 0 Å². The molecule has 36 valence electrons. The van der Waals surface area contributed by atoms with E-state index in [9.17, 15) is 0 Å². The van der Waals surface area contributed by atoms with E-state index < -0.39 is 0 Å². The van der Waals surface area contributed by atoms with Gasteiger partial charge in [-0.1, -0.05) is 22.3 Å². The Bertz CT molecular complexity index is 6.85. The van der Waals surface area contributed by atoms with E-state index in [0.717, 1.165) is 0 Å². The average molecular weight is 291 g/mol. The Kier molecular flexibility index (Phi) is 1450. The molecule has 0 spiro atoms. The summed E-state index contributed by atoms with van der Waals surface area (Å²) < 4.78 is 0. The molecule has 0 amide bonds. The van der Waals surface area contributed by atoms with Gasteiger partial charge in [-0.15, -0.1) is 0 Å². The van der Waals surface area contributed by atoms with Crippen LogP contribution >= 0.6 is 0 Å². The molecular weight excluding hydrogens is 279 g/mol. The fraction of sp³-hybridized carbons (Fsp3) is 1.00. The summed E-state index contributed by atoms with van der Waals surface area (Å²) in [6, 6.07) is 0. The molecule has 0 aromatic heterocycles. The molecular formula is C3H12ClPb-.